The second-order valence-electron chi connectivity index (χ2n) is 8.50. The van der Waals surface area contributed by atoms with Crippen LogP contribution in [0.4, 0.5) is 10.1 Å². The summed E-state index contributed by atoms with van der Waals surface area (Å²) < 4.78 is 41.3. The number of unbranched alkanes of at least 4 members (excludes halogenated alkanes) is 1. The molecule has 1 unspecified atom stereocenters. The Morgan fingerprint density at radius 3 is 2.33 bits per heavy atom. The summed E-state index contributed by atoms with van der Waals surface area (Å²) in [4.78, 5) is 17.2. The molecular weight excluding hydrogens is 441 g/mol. The van der Waals surface area contributed by atoms with Gasteiger partial charge in [-0.2, -0.15) is 4.31 Å². The summed E-state index contributed by atoms with van der Waals surface area (Å²) in [7, 11) is -3.72. The fraction of sp³-hybridized carbons (Fsp3) is 0.480. The van der Waals surface area contributed by atoms with Crippen molar-refractivity contribution in [2.75, 3.05) is 37.6 Å². The highest BCUT2D eigenvalue weighted by Crippen LogP contribution is 2.23. The van der Waals surface area contributed by atoms with Gasteiger partial charge in [0, 0.05) is 50.0 Å². The highest BCUT2D eigenvalue weighted by Gasteiger charge is 2.30. The van der Waals surface area contributed by atoms with Crippen LogP contribution in [0.15, 0.2) is 53.4 Å². The molecule has 1 heterocycles. The lowest BCUT2D eigenvalue weighted by Crippen LogP contribution is -2.48. The van der Waals surface area contributed by atoms with Crippen molar-refractivity contribution >= 4 is 21.6 Å². The second kappa shape index (κ2) is 11.1. The standard InChI is InChI=1S/C25H34FN3O3S/c1-4-6-14-29(20(3)5-2)25(30)21-8-7-9-24(19-21)33(31,32)28-17-15-27(16-18-28)23-12-10-22(26)11-13-23/h7-13,19-20H,4-6,14-18H2,1-3H3. The lowest BCUT2D eigenvalue weighted by Gasteiger charge is -2.35. The molecule has 6 nitrogen and oxygen atoms in total. The van der Waals surface area contributed by atoms with Crippen LogP contribution in [0.1, 0.15) is 50.4 Å². The monoisotopic (exact) mass is 475 g/mol. The van der Waals surface area contributed by atoms with E-state index in [4.69, 9.17) is 0 Å². The smallest absolute Gasteiger partial charge is 0.254 e. The Bertz CT molecular complexity index is 1040. The van der Waals surface area contributed by atoms with Crippen LogP contribution in [0.3, 0.4) is 0 Å². The molecule has 0 aliphatic carbocycles. The molecule has 1 amide bonds. The van der Waals surface area contributed by atoms with Crippen molar-refractivity contribution in [3.63, 3.8) is 0 Å². The van der Waals surface area contributed by atoms with E-state index in [0.29, 0.717) is 38.3 Å². The largest absolute Gasteiger partial charge is 0.369 e. The maximum atomic E-state index is 13.3. The summed E-state index contributed by atoms with van der Waals surface area (Å²) in [6.07, 6.45) is 2.73. The Kier molecular flexibility index (Phi) is 8.48. The molecule has 0 radical (unpaired) electrons. The van der Waals surface area contributed by atoms with Gasteiger partial charge in [0.25, 0.3) is 5.91 Å². The molecule has 180 valence electrons. The number of anilines is 1. The van der Waals surface area contributed by atoms with E-state index in [9.17, 15) is 17.6 Å². The van der Waals surface area contributed by atoms with Crippen LogP contribution in [-0.4, -0.2) is 62.3 Å². The van der Waals surface area contributed by atoms with Gasteiger partial charge in [0.2, 0.25) is 10.0 Å². The molecule has 1 saturated heterocycles. The average Bonchev–Trinajstić information content (AvgIpc) is 2.84. The van der Waals surface area contributed by atoms with E-state index >= 15 is 0 Å². The molecule has 0 aromatic heterocycles. The van der Waals surface area contributed by atoms with Crippen molar-refractivity contribution in [1.82, 2.24) is 9.21 Å². The molecule has 3 rings (SSSR count). The first kappa shape index (κ1) is 25.2. The average molecular weight is 476 g/mol. The summed E-state index contributed by atoms with van der Waals surface area (Å²) in [5.74, 6) is -0.424. The first-order chi connectivity index (χ1) is 15.8. The fourth-order valence-electron chi connectivity index (χ4n) is 4.01. The van der Waals surface area contributed by atoms with Gasteiger partial charge in [-0.05, 0) is 62.2 Å². The Morgan fingerprint density at radius 1 is 1.06 bits per heavy atom. The summed E-state index contributed by atoms with van der Waals surface area (Å²) in [5, 5.41) is 0. The van der Waals surface area contributed by atoms with E-state index in [2.05, 4.69) is 6.92 Å². The summed E-state index contributed by atoms with van der Waals surface area (Å²) in [6.45, 7) is 8.50. The minimum Gasteiger partial charge on any atom is -0.369 e. The number of halogens is 1. The van der Waals surface area contributed by atoms with Crippen LogP contribution in [0.5, 0.6) is 0 Å². The Hall–Kier alpha value is -2.45. The topological polar surface area (TPSA) is 60.9 Å². The number of benzene rings is 2. The summed E-state index contributed by atoms with van der Waals surface area (Å²) in [5.41, 5.74) is 1.27. The highest BCUT2D eigenvalue weighted by molar-refractivity contribution is 7.89. The van der Waals surface area contributed by atoms with Gasteiger partial charge in [0.05, 0.1) is 4.90 Å². The van der Waals surface area contributed by atoms with Crippen LogP contribution in [0.2, 0.25) is 0 Å². The third kappa shape index (κ3) is 5.92. The van der Waals surface area contributed by atoms with Crippen LogP contribution >= 0.6 is 0 Å². The van der Waals surface area contributed by atoms with Crippen molar-refractivity contribution in [3.8, 4) is 0 Å². The molecule has 1 aliphatic rings. The Labute approximate surface area is 197 Å². The van der Waals surface area contributed by atoms with Crippen LogP contribution < -0.4 is 4.90 Å². The van der Waals surface area contributed by atoms with E-state index in [1.54, 1.807) is 30.3 Å². The number of carbonyl (C=O) groups is 1. The van der Waals surface area contributed by atoms with Crippen molar-refractivity contribution < 1.29 is 17.6 Å². The number of carbonyl (C=O) groups excluding carboxylic acids is 1. The van der Waals surface area contributed by atoms with Gasteiger partial charge in [-0.3, -0.25) is 4.79 Å². The maximum absolute atomic E-state index is 13.3. The number of rotatable bonds is 9. The van der Waals surface area contributed by atoms with Gasteiger partial charge < -0.3 is 9.80 Å². The van der Waals surface area contributed by atoms with Gasteiger partial charge in [-0.1, -0.05) is 26.3 Å². The quantitative estimate of drug-likeness (QED) is 0.540. The van der Waals surface area contributed by atoms with E-state index in [1.807, 2.05) is 23.6 Å². The maximum Gasteiger partial charge on any atom is 0.254 e. The molecular formula is C25H34FN3O3S. The van der Waals surface area contributed by atoms with E-state index in [1.165, 1.54) is 22.5 Å². The van der Waals surface area contributed by atoms with Gasteiger partial charge in [0.1, 0.15) is 5.82 Å². The second-order valence-corrected chi connectivity index (χ2v) is 10.4. The number of hydrogen-bond acceptors (Lipinski definition) is 4. The van der Waals surface area contributed by atoms with Gasteiger partial charge in [-0.15, -0.1) is 0 Å². The first-order valence-electron chi connectivity index (χ1n) is 11.7. The van der Waals surface area contributed by atoms with E-state index < -0.39 is 10.0 Å². The number of piperazine rings is 1. The van der Waals surface area contributed by atoms with E-state index in [0.717, 1.165) is 24.9 Å². The van der Waals surface area contributed by atoms with Gasteiger partial charge in [0.15, 0.2) is 0 Å². The molecule has 2 aromatic carbocycles. The summed E-state index contributed by atoms with van der Waals surface area (Å²) >= 11 is 0. The van der Waals surface area contributed by atoms with Gasteiger partial charge >= 0.3 is 0 Å². The minimum atomic E-state index is -3.72. The molecule has 0 saturated carbocycles. The lowest BCUT2D eigenvalue weighted by molar-refractivity contribution is 0.0685. The molecule has 1 atom stereocenters. The molecule has 1 aliphatic heterocycles. The van der Waals surface area contributed by atoms with Crippen molar-refractivity contribution in [1.29, 1.82) is 0 Å². The molecule has 1 fully saturated rings. The van der Waals surface area contributed by atoms with Crippen LogP contribution in [0.25, 0.3) is 0 Å². The molecule has 0 N–H and O–H groups in total. The number of sulfonamides is 1. The van der Waals surface area contributed by atoms with Crippen molar-refractivity contribution in [2.45, 2.75) is 51.0 Å². The summed E-state index contributed by atoms with van der Waals surface area (Å²) in [6, 6.07) is 12.7. The predicted octanol–water partition coefficient (Wildman–Crippen LogP) is 4.38. The zero-order valence-electron chi connectivity index (χ0n) is 19.7. The molecule has 2 aromatic rings. The third-order valence-electron chi connectivity index (χ3n) is 6.29. The third-order valence-corrected chi connectivity index (χ3v) is 8.18. The van der Waals surface area contributed by atoms with E-state index in [-0.39, 0.29) is 22.7 Å². The molecule has 8 heteroatoms. The fourth-order valence-corrected chi connectivity index (χ4v) is 5.48. The SMILES string of the molecule is CCCCN(C(=O)c1cccc(S(=O)(=O)N2CCN(c3ccc(F)cc3)CC2)c1)C(C)CC. The van der Waals surface area contributed by atoms with Crippen LogP contribution in [0, 0.1) is 5.82 Å². The normalized spacial score (nSPS) is 15.9. The first-order valence-corrected chi connectivity index (χ1v) is 13.1. The predicted molar refractivity (Wildman–Crippen MR) is 130 cm³/mol. The highest BCUT2D eigenvalue weighted by atomic mass is 32.2. The Morgan fingerprint density at radius 2 is 1.73 bits per heavy atom. The van der Waals surface area contributed by atoms with Crippen molar-refractivity contribution in [2.24, 2.45) is 0 Å². The zero-order valence-corrected chi connectivity index (χ0v) is 20.5. The van der Waals surface area contributed by atoms with Crippen molar-refractivity contribution in [3.05, 3.63) is 59.9 Å². The number of amides is 1. The number of hydrogen-bond donors (Lipinski definition) is 0. The zero-order chi connectivity index (χ0) is 24.0. The molecule has 33 heavy (non-hydrogen) atoms. The Balaban J connectivity index is 1.74. The lowest BCUT2D eigenvalue weighted by atomic mass is 10.1. The van der Waals surface area contributed by atoms with Gasteiger partial charge in [-0.25, -0.2) is 12.8 Å². The number of nitrogens with zero attached hydrogens (tertiary/aromatic N) is 3. The molecule has 0 bridgehead atoms. The molecule has 0 spiro atoms. The van der Waals surface area contributed by atoms with Crippen LogP contribution in [-0.2, 0) is 10.0 Å². The minimum absolute atomic E-state index is 0.0869.